The van der Waals surface area contributed by atoms with Gasteiger partial charge in [0, 0.05) is 23.9 Å². The van der Waals surface area contributed by atoms with Crippen molar-refractivity contribution in [3.8, 4) is 0 Å². The molecule has 2 heterocycles. The Morgan fingerprint density at radius 2 is 1.85 bits per heavy atom. The SMILES string of the molecule is CCCCCCCCC1(C(C)n2ccnc2)SCCS1. The van der Waals surface area contributed by atoms with Crippen LogP contribution in [0.4, 0.5) is 0 Å². The van der Waals surface area contributed by atoms with Crippen LogP contribution in [0.25, 0.3) is 0 Å². The van der Waals surface area contributed by atoms with Crippen molar-refractivity contribution in [3.63, 3.8) is 0 Å². The lowest BCUT2D eigenvalue weighted by Gasteiger charge is -2.34. The molecule has 0 saturated carbocycles. The van der Waals surface area contributed by atoms with E-state index in [9.17, 15) is 0 Å². The lowest BCUT2D eigenvalue weighted by molar-refractivity contribution is 0.455. The molecule has 1 aliphatic rings. The molecule has 1 aromatic heterocycles. The molecule has 114 valence electrons. The van der Waals surface area contributed by atoms with Crippen LogP contribution in [0.3, 0.4) is 0 Å². The van der Waals surface area contributed by atoms with Crippen molar-refractivity contribution >= 4 is 23.5 Å². The predicted molar refractivity (Wildman–Crippen MR) is 92.6 cm³/mol. The first-order valence-electron chi connectivity index (χ1n) is 8.04. The Morgan fingerprint density at radius 3 is 2.50 bits per heavy atom. The molecule has 1 aliphatic heterocycles. The summed E-state index contributed by atoms with van der Waals surface area (Å²) in [6.07, 6.45) is 15.7. The summed E-state index contributed by atoms with van der Waals surface area (Å²) in [6, 6.07) is 0.540. The number of nitrogens with zero attached hydrogens (tertiary/aromatic N) is 2. The molecule has 1 atom stereocenters. The zero-order valence-electron chi connectivity index (χ0n) is 12.9. The summed E-state index contributed by atoms with van der Waals surface area (Å²) >= 11 is 4.36. The van der Waals surface area contributed by atoms with Gasteiger partial charge in [0.05, 0.1) is 16.4 Å². The molecule has 4 heteroatoms. The van der Waals surface area contributed by atoms with E-state index in [4.69, 9.17) is 0 Å². The van der Waals surface area contributed by atoms with Gasteiger partial charge in [-0.3, -0.25) is 0 Å². The fourth-order valence-electron chi connectivity index (χ4n) is 2.94. The molecule has 0 N–H and O–H groups in total. The van der Waals surface area contributed by atoms with E-state index in [1.165, 1.54) is 56.5 Å². The normalized spacial score (nSPS) is 19.3. The highest BCUT2D eigenvalue weighted by Crippen LogP contribution is 2.54. The number of rotatable bonds is 9. The second kappa shape index (κ2) is 8.38. The van der Waals surface area contributed by atoms with Crippen LogP contribution in [0.15, 0.2) is 18.7 Å². The van der Waals surface area contributed by atoms with Crippen molar-refractivity contribution < 1.29 is 0 Å². The van der Waals surface area contributed by atoms with E-state index in [0.29, 0.717) is 10.1 Å². The first-order valence-corrected chi connectivity index (χ1v) is 10.0. The van der Waals surface area contributed by atoms with Crippen LogP contribution < -0.4 is 0 Å². The molecule has 0 aliphatic carbocycles. The van der Waals surface area contributed by atoms with Gasteiger partial charge in [-0.1, -0.05) is 45.4 Å². The number of hydrogen-bond donors (Lipinski definition) is 0. The fourth-order valence-corrected chi connectivity index (χ4v) is 6.44. The molecule has 1 saturated heterocycles. The highest BCUT2D eigenvalue weighted by molar-refractivity contribution is 8.21. The zero-order chi connectivity index (χ0) is 14.3. The van der Waals surface area contributed by atoms with Crippen molar-refractivity contribution in [2.75, 3.05) is 11.5 Å². The number of hydrogen-bond acceptors (Lipinski definition) is 3. The van der Waals surface area contributed by atoms with Crippen LogP contribution in [0.5, 0.6) is 0 Å². The van der Waals surface area contributed by atoms with Crippen LogP contribution in [-0.4, -0.2) is 25.1 Å². The minimum atomic E-state index is 0.380. The number of unbranched alkanes of at least 4 members (excludes halogenated alkanes) is 5. The van der Waals surface area contributed by atoms with Crippen LogP contribution in [-0.2, 0) is 0 Å². The third-order valence-corrected chi connectivity index (χ3v) is 8.11. The quantitative estimate of drug-likeness (QED) is 0.571. The maximum absolute atomic E-state index is 4.22. The van der Waals surface area contributed by atoms with E-state index in [0.717, 1.165) is 0 Å². The van der Waals surface area contributed by atoms with Gasteiger partial charge in [0.1, 0.15) is 0 Å². The van der Waals surface area contributed by atoms with E-state index in [1.807, 2.05) is 12.5 Å². The predicted octanol–water partition coefficient (Wildman–Crippen LogP) is 5.37. The Balaban J connectivity index is 1.83. The molecule has 1 aromatic rings. The van der Waals surface area contributed by atoms with Crippen LogP contribution in [0.1, 0.15) is 64.8 Å². The summed E-state index contributed by atoms with van der Waals surface area (Å²) in [5.74, 6) is 2.61. The summed E-state index contributed by atoms with van der Waals surface area (Å²) in [5.41, 5.74) is 0. The topological polar surface area (TPSA) is 17.8 Å². The Labute approximate surface area is 132 Å². The van der Waals surface area contributed by atoms with Gasteiger partial charge < -0.3 is 4.57 Å². The first-order chi connectivity index (χ1) is 9.78. The average Bonchev–Trinajstić information content (AvgIpc) is 3.13. The molecule has 0 spiro atoms. The second-order valence-electron chi connectivity index (χ2n) is 5.71. The highest BCUT2D eigenvalue weighted by atomic mass is 32.2. The lowest BCUT2D eigenvalue weighted by atomic mass is 10.0. The smallest absolute Gasteiger partial charge is 0.0949 e. The van der Waals surface area contributed by atoms with Crippen LogP contribution in [0, 0.1) is 0 Å². The van der Waals surface area contributed by atoms with Gasteiger partial charge in [-0.25, -0.2) is 4.98 Å². The largest absolute Gasteiger partial charge is 0.332 e. The van der Waals surface area contributed by atoms with Crippen molar-refractivity contribution in [2.45, 2.75) is 68.9 Å². The van der Waals surface area contributed by atoms with Gasteiger partial charge in [-0.15, -0.1) is 23.5 Å². The summed E-state index contributed by atoms with van der Waals surface area (Å²) in [4.78, 5) is 4.22. The Hall–Kier alpha value is -0.0900. The molecule has 2 nitrogen and oxygen atoms in total. The number of aromatic nitrogens is 2. The summed E-state index contributed by atoms with van der Waals surface area (Å²) in [6.45, 7) is 4.65. The maximum atomic E-state index is 4.22. The van der Waals surface area contributed by atoms with Crippen molar-refractivity contribution in [1.29, 1.82) is 0 Å². The first kappa shape index (κ1) is 16.3. The minimum absolute atomic E-state index is 0.380. The van der Waals surface area contributed by atoms with E-state index in [1.54, 1.807) is 0 Å². The standard InChI is InChI=1S/C16H28N2S2/c1-3-4-5-6-7-8-9-16(19-12-13-20-16)15(2)18-11-10-17-14-18/h10-11,14-15H,3-9,12-13H2,1-2H3. The summed E-state index contributed by atoms with van der Waals surface area (Å²) in [7, 11) is 0. The molecule has 0 amide bonds. The van der Waals surface area contributed by atoms with E-state index in [-0.39, 0.29) is 0 Å². The molecule has 0 aromatic carbocycles. The molecule has 1 fully saturated rings. The molecule has 1 unspecified atom stereocenters. The van der Waals surface area contributed by atoms with Gasteiger partial charge in [0.2, 0.25) is 0 Å². The molecular weight excluding hydrogens is 284 g/mol. The molecule has 0 bridgehead atoms. The van der Waals surface area contributed by atoms with Gasteiger partial charge >= 0.3 is 0 Å². The van der Waals surface area contributed by atoms with Gasteiger partial charge in [-0.05, 0) is 13.3 Å². The molecular formula is C16H28N2S2. The Morgan fingerprint density at radius 1 is 1.15 bits per heavy atom. The summed E-state index contributed by atoms with van der Waals surface area (Å²) < 4.78 is 2.67. The van der Waals surface area contributed by atoms with Crippen LogP contribution in [0.2, 0.25) is 0 Å². The molecule has 0 radical (unpaired) electrons. The molecule has 2 rings (SSSR count). The average molecular weight is 313 g/mol. The van der Waals surface area contributed by atoms with Crippen molar-refractivity contribution in [3.05, 3.63) is 18.7 Å². The van der Waals surface area contributed by atoms with Crippen molar-refractivity contribution in [1.82, 2.24) is 9.55 Å². The summed E-state index contributed by atoms with van der Waals surface area (Å²) in [5, 5.41) is 0. The number of imidazole rings is 1. The Bertz CT molecular complexity index is 359. The van der Waals surface area contributed by atoms with Crippen molar-refractivity contribution in [2.24, 2.45) is 0 Å². The second-order valence-corrected chi connectivity index (χ2v) is 8.82. The number of thioether (sulfide) groups is 2. The third-order valence-electron chi connectivity index (χ3n) is 4.26. The van der Waals surface area contributed by atoms with Crippen LogP contribution >= 0.6 is 23.5 Å². The minimum Gasteiger partial charge on any atom is -0.332 e. The van der Waals surface area contributed by atoms with E-state index < -0.39 is 0 Å². The van der Waals surface area contributed by atoms with Gasteiger partial charge in [0.15, 0.2) is 0 Å². The van der Waals surface area contributed by atoms with E-state index in [2.05, 4.69) is 53.1 Å². The van der Waals surface area contributed by atoms with Gasteiger partial charge in [0.25, 0.3) is 0 Å². The molecule has 20 heavy (non-hydrogen) atoms. The lowest BCUT2D eigenvalue weighted by Crippen LogP contribution is -2.29. The fraction of sp³-hybridized carbons (Fsp3) is 0.812. The van der Waals surface area contributed by atoms with Gasteiger partial charge in [-0.2, -0.15) is 0 Å². The highest BCUT2D eigenvalue weighted by Gasteiger charge is 2.40. The zero-order valence-corrected chi connectivity index (χ0v) is 14.5. The third kappa shape index (κ3) is 4.20. The Kier molecular flexibility index (Phi) is 6.82. The monoisotopic (exact) mass is 312 g/mol. The maximum Gasteiger partial charge on any atom is 0.0949 e. The van der Waals surface area contributed by atoms with E-state index >= 15 is 0 Å².